The van der Waals surface area contributed by atoms with Gasteiger partial charge >= 0.3 is 0 Å². The summed E-state index contributed by atoms with van der Waals surface area (Å²) >= 11 is 0. The van der Waals surface area contributed by atoms with E-state index in [1.807, 2.05) is 36.5 Å². The van der Waals surface area contributed by atoms with Crippen LogP contribution in [0.2, 0.25) is 0 Å². The highest BCUT2D eigenvalue weighted by atomic mass is 15.3. The lowest BCUT2D eigenvalue weighted by molar-refractivity contribution is 0.880. The standard InChI is InChI=1S/C11H8N5/c1-2-4-10(5-3-1)16-7-9(6-14-16)11-12-8-13-15-11/h1-7H,(H,12,13,15). The molecule has 16 heavy (non-hydrogen) atoms. The molecule has 0 bridgehead atoms. The second-order valence-electron chi connectivity index (χ2n) is 3.29. The minimum Gasteiger partial charge on any atom is -0.258 e. The number of H-pyrrole nitrogens is 1. The van der Waals surface area contributed by atoms with Crippen molar-refractivity contribution < 1.29 is 0 Å². The van der Waals surface area contributed by atoms with Crippen molar-refractivity contribution in [2.45, 2.75) is 0 Å². The molecule has 3 rings (SSSR count). The predicted octanol–water partition coefficient (Wildman–Crippen LogP) is 1.46. The molecule has 1 aromatic carbocycles. The number of para-hydroxylation sites is 1. The minimum absolute atomic E-state index is 0.669. The van der Waals surface area contributed by atoms with Crippen molar-refractivity contribution in [3.63, 3.8) is 0 Å². The van der Waals surface area contributed by atoms with Gasteiger partial charge in [0.05, 0.1) is 17.4 Å². The largest absolute Gasteiger partial charge is 0.258 e. The fourth-order valence-corrected chi connectivity index (χ4v) is 1.47. The van der Waals surface area contributed by atoms with Crippen LogP contribution in [0.25, 0.3) is 17.1 Å². The number of benzene rings is 1. The highest BCUT2D eigenvalue weighted by Gasteiger charge is 2.04. The van der Waals surface area contributed by atoms with Crippen LogP contribution in [-0.4, -0.2) is 25.0 Å². The number of nitrogens with zero attached hydrogens (tertiary/aromatic N) is 4. The maximum atomic E-state index is 4.26. The van der Waals surface area contributed by atoms with Crippen molar-refractivity contribution in [1.29, 1.82) is 0 Å². The molecule has 1 radical (unpaired) electrons. The molecule has 0 aliphatic carbocycles. The Labute approximate surface area is 91.8 Å². The van der Waals surface area contributed by atoms with E-state index in [4.69, 9.17) is 0 Å². The molecular formula is C11H8N5. The summed E-state index contributed by atoms with van der Waals surface area (Å²) in [5.41, 5.74) is 1.90. The molecule has 0 amide bonds. The molecule has 0 spiro atoms. The SMILES string of the molecule is [c]1n[nH]c(-c2cnn(-c3ccccc3)c2)n1. The molecule has 5 heteroatoms. The van der Waals surface area contributed by atoms with E-state index in [0.29, 0.717) is 5.82 Å². The average molecular weight is 210 g/mol. The summed E-state index contributed by atoms with van der Waals surface area (Å²) in [5.74, 6) is 0.669. The van der Waals surface area contributed by atoms with E-state index >= 15 is 0 Å². The summed E-state index contributed by atoms with van der Waals surface area (Å²) in [6, 6.07) is 9.89. The van der Waals surface area contributed by atoms with Gasteiger partial charge in [0.2, 0.25) is 6.33 Å². The summed E-state index contributed by atoms with van der Waals surface area (Å²) in [5, 5.41) is 10.7. The summed E-state index contributed by atoms with van der Waals surface area (Å²) in [7, 11) is 0. The van der Waals surface area contributed by atoms with E-state index in [1.54, 1.807) is 10.9 Å². The van der Waals surface area contributed by atoms with Crippen molar-refractivity contribution in [2.24, 2.45) is 0 Å². The molecular weight excluding hydrogens is 202 g/mol. The molecule has 77 valence electrons. The lowest BCUT2D eigenvalue weighted by Crippen LogP contribution is -1.92. The Hall–Kier alpha value is -2.43. The van der Waals surface area contributed by atoms with Gasteiger partial charge < -0.3 is 0 Å². The Morgan fingerprint density at radius 1 is 1.19 bits per heavy atom. The molecule has 0 aliphatic heterocycles. The number of rotatable bonds is 2. The normalized spacial score (nSPS) is 10.5. The van der Waals surface area contributed by atoms with Crippen molar-refractivity contribution in [3.05, 3.63) is 49.1 Å². The zero-order valence-corrected chi connectivity index (χ0v) is 8.33. The first-order valence-corrected chi connectivity index (χ1v) is 4.82. The molecule has 0 saturated carbocycles. The highest BCUT2D eigenvalue weighted by Crippen LogP contribution is 2.14. The first-order valence-electron chi connectivity index (χ1n) is 4.82. The zero-order chi connectivity index (χ0) is 10.8. The Bertz CT molecular complexity index is 567. The van der Waals surface area contributed by atoms with Gasteiger partial charge in [-0.15, -0.1) is 5.10 Å². The molecule has 0 fully saturated rings. The van der Waals surface area contributed by atoms with E-state index in [2.05, 4.69) is 26.6 Å². The van der Waals surface area contributed by atoms with E-state index in [9.17, 15) is 0 Å². The average Bonchev–Trinajstić information content (AvgIpc) is 3.01. The first kappa shape index (κ1) is 8.84. The van der Waals surface area contributed by atoms with Crippen LogP contribution >= 0.6 is 0 Å². The van der Waals surface area contributed by atoms with Gasteiger partial charge in [0, 0.05) is 6.20 Å². The third-order valence-corrected chi connectivity index (χ3v) is 2.25. The van der Waals surface area contributed by atoms with Crippen molar-refractivity contribution in [1.82, 2.24) is 25.0 Å². The minimum atomic E-state index is 0.669. The van der Waals surface area contributed by atoms with E-state index < -0.39 is 0 Å². The fourth-order valence-electron chi connectivity index (χ4n) is 1.47. The maximum absolute atomic E-state index is 4.26. The lowest BCUT2D eigenvalue weighted by Gasteiger charge is -1.98. The topological polar surface area (TPSA) is 59.4 Å². The van der Waals surface area contributed by atoms with Crippen LogP contribution in [0, 0.1) is 6.33 Å². The van der Waals surface area contributed by atoms with E-state index in [0.717, 1.165) is 11.3 Å². The third-order valence-electron chi connectivity index (χ3n) is 2.25. The quantitative estimate of drug-likeness (QED) is 0.696. The number of hydrogen-bond acceptors (Lipinski definition) is 3. The lowest BCUT2D eigenvalue weighted by atomic mass is 10.3. The molecule has 0 aliphatic rings. The van der Waals surface area contributed by atoms with Crippen LogP contribution in [-0.2, 0) is 0 Å². The van der Waals surface area contributed by atoms with E-state index in [-0.39, 0.29) is 0 Å². The van der Waals surface area contributed by atoms with Crippen LogP contribution in [0.3, 0.4) is 0 Å². The molecule has 2 aromatic heterocycles. The second-order valence-corrected chi connectivity index (χ2v) is 3.29. The molecule has 3 aromatic rings. The second kappa shape index (κ2) is 3.62. The van der Waals surface area contributed by atoms with Crippen molar-refractivity contribution >= 4 is 0 Å². The summed E-state index contributed by atoms with van der Waals surface area (Å²) in [6.45, 7) is 0. The van der Waals surface area contributed by atoms with Gasteiger partial charge in [0.1, 0.15) is 0 Å². The Kier molecular flexibility index (Phi) is 2.00. The molecule has 1 N–H and O–H groups in total. The molecule has 5 nitrogen and oxygen atoms in total. The molecule has 0 atom stereocenters. The Morgan fingerprint density at radius 3 is 2.81 bits per heavy atom. The Balaban J connectivity index is 2.00. The van der Waals surface area contributed by atoms with Crippen molar-refractivity contribution in [2.75, 3.05) is 0 Å². The fraction of sp³-hybridized carbons (Fsp3) is 0. The van der Waals surface area contributed by atoms with E-state index in [1.165, 1.54) is 0 Å². The van der Waals surface area contributed by atoms with Gasteiger partial charge in [0.25, 0.3) is 0 Å². The number of aromatic nitrogens is 5. The Morgan fingerprint density at radius 2 is 2.06 bits per heavy atom. The van der Waals surface area contributed by atoms with Gasteiger partial charge in [-0.05, 0) is 12.1 Å². The zero-order valence-electron chi connectivity index (χ0n) is 8.33. The maximum Gasteiger partial charge on any atom is 0.221 e. The summed E-state index contributed by atoms with van der Waals surface area (Å²) in [4.78, 5) is 3.95. The number of aromatic amines is 1. The smallest absolute Gasteiger partial charge is 0.221 e. The monoisotopic (exact) mass is 210 g/mol. The van der Waals surface area contributed by atoms with Gasteiger partial charge in [-0.25, -0.2) is 9.67 Å². The summed E-state index contributed by atoms with van der Waals surface area (Å²) < 4.78 is 1.79. The first-order chi connectivity index (χ1) is 7.93. The van der Waals surface area contributed by atoms with Crippen LogP contribution < -0.4 is 0 Å². The van der Waals surface area contributed by atoms with Gasteiger partial charge in [-0.1, -0.05) is 18.2 Å². The molecule has 0 unspecified atom stereocenters. The number of hydrogen-bond donors (Lipinski definition) is 1. The summed E-state index contributed by atoms with van der Waals surface area (Å²) in [6.07, 6.45) is 6.11. The van der Waals surface area contributed by atoms with Crippen LogP contribution in [0.15, 0.2) is 42.7 Å². The third kappa shape index (κ3) is 1.48. The van der Waals surface area contributed by atoms with Gasteiger partial charge in [-0.2, -0.15) is 5.10 Å². The molecule has 2 heterocycles. The number of nitrogens with one attached hydrogen (secondary N) is 1. The van der Waals surface area contributed by atoms with Gasteiger partial charge in [-0.3, -0.25) is 5.10 Å². The van der Waals surface area contributed by atoms with Crippen LogP contribution in [0.5, 0.6) is 0 Å². The molecule has 0 saturated heterocycles. The van der Waals surface area contributed by atoms with Gasteiger partial charge in [0.15, 0.2) is 5.82 Å². The van der Waals surface area contributed by atoms with Crippen LogP contribution in [0.1, 0.15) is 0 Å². The van der Waals surface area contributed by atoms with Crippen molar-refractivity contribution in [3.8, 4) is 17.1 Å². The van der Waals surface area contributed by atoms with Crippen LogP contribution in [0.4, 0.5) is 0 Å². The predicted molar refractivity (Wildman–Crippen MR) is 57.8 cm³/mol. The highest BCUT2D eigenvalue weighted by molar-refractivity contribution is 5.52.